The van der Waals surface area contributed by atoms with Gasteiger partial charge in [-0.25, -0.2) is 9.18 Å². The van der Waals surface area contributed by atoms with Crippen molar-refractivity contribution >= 4 is 5.97 Å². The maximum Gasteiger partial charge on any atom is 0.338 e. The summed E-state index contributed by atoms with van der Waals surface area (Å²) in [7, 11) is 0. The molecule has 0 saturated carbocycles. The highest BCUT2D eigenvalue weighted by Gasteiger charge is 2.38. The predicted molar refractivity (Wildman–Crippen MR) is 58.1 cm³/mol. The summed E-state index contributed by atoms with van der Waals surface area (Å²) < 4.78 is 18.8. The van der Waals surface area contributed by atoms with Crippen LogP contribution in [-0.2, 0) is 10.4 Å². The molecule has 0 unspecified atom stereocenters. The van der Waals surface area contributed by atoms with E-state index in [1.54, 1.807) is 31.2 Å². The second kappa shape index (κ2) is 4.22. The Morgan fingerprint density at radius 1 is 1.44 bits per heavy atom. The van der Waals surface area contributed by atoms with E-state index < -0.39 is 5.67 Å². The first-order valence-electron chi connectivity index (χ1n) is 5.33. The van der Waals surface area contributed by atoms with Gasteiger partial charge in [-0.1, -0.05) is 12.1 Å². The number of nitrogens with one attached hydrogen (secondary N) is 1. The Morgan fingerprint density at radius 2 is 2.06 bits per heavy atom. The number of ether oxygens (including phenoxy) is 1. The molecule has 16 heavy (non-hydrogen) atoms. The van der Waals surface area contributed by atoms with E-state index in [1.165, 1.54) is 0 Å². The molecule has 1 N–H and O–H groups in total. The molecular weight excluding hydrogens is 209 g/mol. The quantitative estimate of drug-likeness (QED) is 0.791. The van der Waals surface area contributed by atoms with Gasteiger partial charge in [0.05, 0.1) is 12.2 Å². The molecule has 0 aliphatic carbocycles. The van der Waals surface area contributed by atoms with Crippen LogP contribution in [0.3, 0.4) is 0 Å². The van der Waals surface area contributed by atoms with Gasteiger partial charge in [0.1, 0.15) is 0 Å². The molecule has 3 nitrogen and oxygen atoms in total. The number of carbonyl (C=O) groups excluding carboxylic acids is 1. The minimum Gasteiger partial charge on any atom is -0.462 e. The number of hydrogen-bond acceptors (Lipinski definition) is 3. The predicted octanol–water partition coefficient (Wildman–Crippen LogP) is 1.63. The van der Waals surface area contributed by atoms with Gasteiger partial charge in [0.2, 0.25) is 0 Å². The van der Waals surface area contributed by atoms with Crippen molar-refractivity contribution in [3.63, 3.8) is 0 Å². The van der Waals surface area contributed by atoms with Crippen LogP contribution in [0.1, 0.15) is 22.8 Å². The topological polar surface area (TPSA) is 38.3 Å². The third kappa shape index (κ3) is 1.93. The number of benzene rings is 1. The van der Waals surface area contributed by atoms with Gasteiger partial charge in [0.25, 0.3) is 0 Å². The lowest BCUT2D eigenvalue weighted by atomic mass is 9.90. The first kappa shape index (κ1) is 11.1. The molecular formula is C12H14FNO2. The number of hydrogen-bond donors (Lipinski definition) is 1. The standard InChI is InChI=1S/C12H14FNO2/c1-2-16-11(15)9-3-5-10(6-4-9)12(13)7-14-8-12/h3-6,14H,2,7-8H2,1H3. The van der Waals surface area contributed by atoms with E-state index >= 15 is 0 Å². The molecule has 4 heteroatoms. The Hall–Kier alpha value is -1.42. The molecule has 0 spiro atoms. The highest BCUT2D eigenvalue weighted by molar-refractivity contribution is 5.89. The summed E-state index contributed by atoms with van der Waals surface area (Å²) in [5.41, 5.74) is -0.200. The van der Waals surface area contributed by atoms with Crippen molar-refractivity contribution < 1.29 is 13.9 Å². The molecule has 0 bridgehead atoms. The Bertz CT molecular complexity index is 385. The van der Waals surface area contributed by atoms with Gasteiger partial charge in [-0.3, -0.25) is 0 Å². The molecule has 86 valence electrons. The van der Waals surface area contributed by atoms with Crippen LogP contribution in [0.5, 0.6) is 0 Å². The van der Waals surface area contributed by atoms with E-state index in [0.29, 0.717) is 30.8 Å². The summed E-state index contributed by atoms with van der Waals surface area (Å²) in [5, 5.41) is 2.89. The molecule has 0 radical (unpaired) electrons. The van der Waals surface area contributed by atoms with Gasteiger partial charge < -0.3 is 10.1 Å². The first-order chi connectivity index (χ1) is 7.65. The number of alkyl halides is 1. The van der Waals surface area contributed by atoms with Crippen molar-refractivity contribution in [1.29, 1.82) is 0 Å². The van der Waals surface area contributed by atoms with E-state index in [-0.39, 0.29) is 5.97 Å². The van der Waals surface area contributed by atoms with Crippen LogP contribution in [0.15, 0.2) is 24.3 Å². The van der Waals surface area contributed by atoms with Crippen molar-refractivity contribution in [2.75, 3.05) is 19.7 Å². The molecule has 1 fully saturated rings. The summed E-state index contributed by atoms with van der Waals surface area (Å²) in [6, 6.07) is 6.50. The molecule has 2 rings (SSSR count). The fourth-order valence-electron chi connectivity index (χ4n) is 1.67. The monoisotopic (exact) mass is 223 g/mol. The minimum atomic E-state index is -1.27. The van der Waals surface area contributed by atoms with Crippen LogP contribution in [0, 0.1) is 0 Å². The van der Waals surface area contributed by atoms with Gasteiger partial charge in [0, 0.05) is 13.1 Å². The summed E-state index contributed by atoms with van der Waals surface area (Å²) >= 11 is 0. The fourth-order valence-corrected chi connectivity index (χ4v) is 1.67. The summed E-state index contributed by atoms with van der Waals surface area (Å²) in [6.45, 7) is 2.78. The molecule has 0 aromatic heterocycles. The van der Waals surface area contributed by atoms with E-state index in [1.807, 2.05) is 0 Å². The van der Waals surface area contributed by atoms with E-state index in [9.17, 15) is 9.18 Å². The summed E-state index contributed by atoms with van der Waals surface area (Å²) in [6.07, 6.45) is 0. The minimum absolute atomic E-state index is 0.339. The Labute approximate surface area is 93.6 Å². The molecule has 1 aromatic carbocycles. The molecule has 0 amide bonds. The zero-order valence-corrected chi connectivity index (χ0v) is 9.13. The normalized spacial score (nSPS) is 17.6. The SMILES string of the molecule is CCOC(=O)c1ccc(C2(F)CNC2)cc1. The van der Waals surface area contributed by atoms with Crippen LogP contribution in [0.4, 0.5) is 4.39 Å². The van der Waals surface area contributed by atoms with E-state index in [0.717, 1.165) is 0 Å². The van der Waals surface area contributed by atoms with Gasteiger partial charge in [-0.05, 0) is 24.6 Å². The van der Waals surface area contributed by atoms with Crippen LogP contribution >= 0.6 is 0 Å². The first-order valence-corrected chi connectivity index (χ1v) is 5.33. The zero-order chi connectivity index (χ0) is 11.6. The second-order valence-electron chi connectivity index (χ2n) is 3.87. The van der Waals surface area contributed by atoms with Crippen molar-refractivity contribution in [2.45, 2.75) is 12.6 Å². The van der Waals surface area contributed by atoms with Crippen molar-refractivity contribution in [3.8, 4) is 0 Å². The van der Waals surface area contributed by atoms with Crippen molar-refractivity contribution in [3.05, 3.63) is 35.4 Å². The molecule has 1 aliphatic rings. The number of esters is 1. The summed E-state index contributed by atoms with van der Waals surface area (Å²) in [4.78, 5) is 11.4. The van der Waals surface area contributed by atoms with Gasteiger partial charge in [0.15, 0.2) is 5.67 Å². The van der Waals surface area contributed by atoms with Crippen LogP contribution < -0.4 is 5.32 Å². The molecule has 1 aliphatic heterocycles. The number of halogens is 1. The smallest absolute Gasteiger partial charge is 0.338 e. The Morgan fingerprint density at radius 3 is 2.50 bits per heavy atom. The van der Waals surface area contributed by atoms with Gasteiger partial charge in [-0.15, -0.1) is 0 Å². The van der Waals surface area contributed by atoms with Crippen LogP contribution in [0.2, 0.25) is 0 Å². The lowest BCUT2D eigenvalue weighted by Crippen LogP contribution is -2.53. The number of rotatable bonds is 3. The highest BCUT2D eigenvalue weighted by atomic mass is 19.1. The fraction of sp³-hybridized carbons (Fsp3) is 0.417. The lowest BCUT2D eigenvalue weighted by Gasteiger charge is -2.35. The van der Waals surface area contributed by atoms with Crippen LogP contribution in [-0.4, -0.2) is 25.7 Å². The maximum absolute atomic E-state index is 13.9. The van der Waals surface area contributed by atoms with Gasteiger partial charge >= 0.3 is 5.97 Å². The molecule has 1 saturated heterocycles. The zero-order valence-electron chi connectivity index (χ0n) is 9.13. The van der Waals surface area contributed by atoms with Crippen molar-refractivity contribution in [2.24, 2.45) is 0 Å². The van der Waals surface area contributed by atoms with Crippen molar-refractivity contribution in [1.82, 2.24) is 5.32 Å². The summed E-state index contributed by atoms with van der Waals surface area (Å²) in [5.74, 6) is -0.367. The number of carbonyl (C=O) groups is 1. The molecule has 0 atom stereocenters. The molecule has 1 heterocycles. The van der Waals surface area contributed by atoms with E-state index in [4.69, 9.17) is 4.74 Å². The third-order valence-electron chi connectivity index (χ3n) is 2.72. The van der Waals surface area contributed by atoms with E-state index in [2.05, 4.69) is 5.32 Å². The second-order valence-corrected chi connectivity index (χ2v) is 3.87. The maximum atomic E-state index is 13.9. The highest BCUT2D eigenvalue weighted by Crippen LogP contribution is 2.29. The Balaban J connectivity index is 2.13. The van der Waals surface area contributed by atoms with Crippen LogP contribution in [0.25, 0.3) is 0 Å². The molecule has 1 aromatic rings. The van der Waals surface area contributed by atoms with Gasteiger partial charge in [-0.2, -0.15) is 0 Å². The Kier molecular flexibility index (Phi) is 2.92. The average Bonchev–Trinajstić information content (AvgIpc) is 2.26. The largest absolute Gasteiger partial charge is 0.462 e. The average molecular weight is 223 g/mol. The lowest BCUT2D eigenvalue weighted by molar-refractivity contribution is 0.0525. The third-order valence-corrected chi connectivity index (χ3v) is 2.72.